The van der Waals surface area contributed by atoms with Crippen molar-refractivity contribution in [2.75, 3.05) is 26.4 Å². The Morgan fingerprint density at radius 2 is 1.06 bits per heavy atom. The molecule has 0 aromatic carbocycles. The molecule has 0 saturated heterocycles. The van der Waals surface area contributed by atoms with Gasteiger partial charge in [-0.25, -0.2) is 9.59 Å². The van der Waals surface area contributed by atoms with Crippen molar-refractivity contribution < 1.29 is 28.9 Å². The van der Waals surface area contributed by atoms with E-state index >= 15 is 0 Å². The fourth-order valence-corrected chi connectivity index (χ4v) is 4.17. The second kappa shape index (κ2) is 23.2. The fraction of sp³-hybridized carbons (Fsp3) is 0.929. The number of unbranched alkanes of at least 4 members (excludes halogenated alkanes) is 15. The highest BCUT2D eigenvalue weighted by Gasteiger charge is 2.46. The van der Waals surface area contributed by atoms with Crippen molar-refractivity contribution in [1.29, 1.82) is 0 Å². The summed E-state index contributed by atoms with van der Waals surface area (Å²) in [5.41, 5.74) is 3.94. The summed E-state index contributed by atoms with van der Waals surface area (Å²) in [6.45, 7) is 6.24. The molecule has 0 aliphatic heterocycles. The molecule has 0 radical (unpaired) electrons. The second-order valence-electron chi connectivity index (χ2n) is 9.65. The van der Waals surface area contributed by atoms with Crippen molar-refractivity contribution in [3.05, 3.63) is 0 Å². The van der Waals surface area contributed by atoms with Crippen LogP contribution in [0.5, 0.6) is 0 Å². The molecule has 0 aliphatic carbocycles. The largest absolute Gasteiger partial charge is 0.464 e. The number of carbonyl (C=O) groups excluding carboxylic acids is 2. The Morgan fingerprint density at radius 3 is 1.43 bits per heavy atom. The minimum atomic E-state index is -2.02. The lowest BCUT2D eigenvalue weighted by Crippen LogP contribution is -2.58. The van der Waals surface area contributed by atoms with Crippen LogP contribution in [0.1, 0.15) is 130 Å². The monoisotopic (exact) mass is 501 g/mol. The number of aliphatic hydroxyl groups excluding tert-OH is 1. The number of ether oxygens (including phenoxy) is 3. The summed E-state index contributed by atoms with van der Waals surface area (Å²) in [5.74, 6) is -1.79. The molecule has 0 saturated carbocycles. The molecular formula is C28H55NO6. The molecule has 0 aromatic heterocycles. The van der Waals surface area contributed by atoms with Gasteiger partial charge in [0.05, 0.1) is 25.9 Å². The van der Waals surface area contributed by atoms with Gasteiger partial charge in [-0.05, 0) is 20.3 Å². The van der Waals surface area contributed by atoms with E-state index in [2.05, 4.69) is 6.92 Å². The van der Waals surface area contributed by atoms with Crippen LogP contribution < -0.4 is 5.73 Å². The average Bonchev–Trinajstić information content (AvgIpc) is 2.83. The van der Waals surface area contributed by atoms with E-state index in [4.69, 9.17) is 19.9 Å². The highest BCUT2D eigenvalue weighted by molar-refractivity contribution is 6.04. The van der Waals surface area contributed by atoms with Crippen molar-refractivity contribution >= 4 is 11.9 Å². The first kappa shape index (κ1) is 33.8. The lowest BCUT2D eigenvalue weighted by molar-refractivity contribution is -0.166. The van der Waals surface area contributed by atoms with Crippen LogP contribution in [0, 0.1) is 0 Å². The van der Waals surface area contributed by atoms with Gasteiger partial charge in [-0.3, -0.25) is 0 Å². The van der Waals surface area contributed by atoms with Crippen LogP contribution in [-0.2, 0) is 23.8 Å². The molecule has 35 heavy (non-hydrogen) atoms. The maximum absolute atomic E-state index is 12.2. The van der Waals surface area contributed by atoms with E-state index in [1.807, 2.05) is 0 Å². The Labute approximate surface area is 214 Å². The summed E-state index contributed by atoms with van der Waals surface area (Å²) >= 11 is 0. The van der Waals surface area contributed by atoms with Crippen LogP contribution in [0.15, 0.2) is 0 Å². The maximum Gasteiger partial charge on any atom is 0.337 e. The van der Waals surface area contributed by atoms with Gasteiger partial charge in [-0.1, -0.05) is 103 Å². The molecule has 7 heteroatoms. The SMILES string of the molecule is CCCCCCCCCCCCCCCCCCOCC(O)CC(N)(C(=O)OCC)C(=O)OCC. The minimum Gasteiger partial charge on any atom is -0.464 e. The molecular weight excluding hydrogens is 446 g/mol. The quantitative estimate of drug-likeness (QED) is 0.0919. The number of carbonyl (C=O) groups is 2. The Morgan fingerprint density at radius 1 is 0.686 bits per heavy atom. The Bertz CT molecular complexity index is 496. The Kier molecular flexibility index (Phi) is 22.4. The van der Waals surface area contributed by atoms with Crippen molar-refractivity contribution in [3.63, 3.8) is 0 Å². The first-order chi connectivity index (χ1) is 16.9. The standard InChI is InChI=1S/C28H55NO6/c1-4-7-8-9-10-11-12-13-14-15-16-17-18-19-20-21-22-33-24-25(30)23-28(29,26(31)34-5-2)27(32)35-6-3/h25,30H,4-24,29H2,1-3H3. The minimum absolute atomic E-state index is 0.0104. The zero-order chi connectivity index (χ0) is 26.2. The van der Waals surface area contributed by atoms with E-state index in [0.717, 1.165) is 12.8 Å². The summed E-state index contributed by atoms with van der Waals surface area (Å²) in [4.78, 5) is 24.3. The number of aliphatic hydroxyl groups is 1. The fourth-order valence-electron chi connectivity index (χ4n) is 4.17. The summed E-state index contributed by atoms with van der Waals surface area (Å²) < 4.78 is 15.3. The summed E-state index contributed by atoms with van der Waals surface area (Å²) in [5, 5.41) is 10.2. The zero-order valence-corrected chi connectivity index (χ0v) is 23.0. The Hall–Kier alpha value is -1.18. The van der Waals surface area contributed by atoms with Gasteiger partial charge in [0, 0.05) is 13.0 Å². The molecule has 7 nitrogen and oxygen atoms in total. The second-order valence-corrected chi connectivity index (χ2v) is 9.65. The predicted molar refractivity (Wildman–Crippen MR) is 141 cm³/mol. The van der Waals surface area contributed by atoms with E-state index in [-0.39, 0.29) is 26.2 Å². The van der Waals surface area contributed by atoms with Gasteiger partial charge in [0.15, 0.2) is 0 Å². The molecule has 0 fully saturated rings. The lowest BCUT2D eigenvalue weighted by atomic mass is 9.93. The van der Waals surface area contributed by atoms with Gasteiger partial charge in [-0.15, -0.1) is 0 Å². The summed E-state index contributed by atoms with van der Waals surface area (Å²) in [7, 11) is 0. The molecule has 3 N–H and O–H groups in total. The van der Waals surface area contributed by atoms with Crippen molar-refractivity contribution in [2.24, 2.45) is 5.73 Å². The average molecular weight is 502 g/mol. The highest BCUT2D eigenvalue weighted by Crippen LogP contribution is 2.17. The summed E-state index contributed by atoms with van der Waals surface area (Å²) in [6, 6.07) is 0. The molecule has 0 spiro atoms. The van der Waals surface area contributed by atoms with E-state index in [0.29, 0.717) is 6.61 Å². The first-order valence-electron chi connectivity index (χ1n) is 14.3. The molecule has 1 atom stereocenters. The maximum atomic E-state index is 12.2. The van der Waals surface area contributed by atoms with Gasteiger partial charge >= 0.3 is 11.9 Å². The molecule has 0 aromatic rings. The van der Waals surface area contributed by atoms with E-state index < -0.39 is 23.6 Å². The number of rotatable bonds is 25. The van der Waals surface area contributed by atoms with Crippen LogP contribution in [-0.4, -0.2) is 55.1 Å². The molecule has 0 amide bonds. The third-order valence-corrected chi connectivity index (χ3v) is 6.29. The van der Waals surface area contributed by atoms with Crippen LogP contribution >= 0.6 is 0 Å². The smallest absolute Gasteiger partial charge is 0.337 e. The van der Waals surface area contributed by atoms with Crippen LogP contribution in [0.25, 0.3) is 0 Å². The predicted octanol–water partition coefficient (Wildman–Crippen LogP) is 5.84. The van der Waals surface area contributed by atoms with Crippen LogP contribution in [0.4, 0.5) is 0 Å². The Balaban J connectivity index is 3.69. The first-order valence-corrected chi connectivity index (χ1v) is 14.3. The third-order valence-electron chi connectivity index (χ3n) is 6.29. The molecule has 0 aliphatic rings. The van der Waals surface area contributed by atoms with Gasteiger partial charge < -0.3 is 25.1 Å². The number of esters is 2. The molecule has 208 valence electrons. The molecule has 0 heterocycles. The van der Waals surface area contributed by atoms with Gasteiger partial charge in [0.2, 0.25) is 5.54 Å². The highest BCUT2D eigenvalue weighted by atomic mass is 16.6. The third kappa shape index (κ3) is 17.8. The van der Waals surface area contributed by atoms with Crippen molar-refractivity contribution in [2.45, 2.75) is 142 Å². The van der Waals surface area contributed by atoms with E-state index in [1.54, 1.807) is 13.8 Å². The number of hydrogen-bond donors (Lipinski definition) is 2. The van der Waals surface area contributed by atoms with Crippen molar-refractivity contribution in [1.82, 2.24) is 0 Å². The molecule has 0 bridgehead atoms. The van der Waals surface area contributed by atoms with Gasteiger partial charge in [-0.2, -0.15) is 0 Å². The number of hydrogen-bond acceptors (Lipinski definition) is 7. The van der Waals surface area contributed by atoms with Crippen LogP contribution in [0.2, 0.25) is 0 Å². The number of nitrogens with two attached hydrogens (primary N) is 1. The van der Waals surface area contributed by atoms with E-state index in [9.17, 15) is 14.7 Å². The lowest BCUT2D eigenvalue weighted by Gasteiger charge is -2.26. The molecule has 1 unspecified atom stereocenters. The summed E-state index contributed by atoms with van der Waals surface area (Å²) in [6.07, 6.45) is 19.6. The van der Waals surface area contributed by atoms with Crippen molar-refractivity contribution in [3.8, 4) is 0 Å². The normalized spacial score (nSPS) is 12.5. The van der Waals surface area contributed by atoms with Gasteiger partial charge in [0.1, 0.15) is 0 Å². The van der Waals surface area contributed by atoms with Gasteiger partial charge in [0.25, 0.3) is 0 Å². The topological polar surface area (TPSA) is 108 Å². The zero-order valence-electron chi connectivity index (χ0n) is 23.0. The van der Waals surface area contributed by atoms with E-state index in [1.165, 1.54) is 89.9 Å². The van der Waals surface area contributed by atoms with Crippen LogP contribution in [0.3, 0.4) is 0 Å². The molecule has 0 rings (SSSR count).